The third-order valence-electron chi connectivity index (χ3n) is 9.82. The molecule has 0 aliphatic carbocycles. The van der Waals surface area contributed by atoms with Crippen molar-refractivity contribution in [1.82, 2.24) is 0 Å². The van der Waals surface area contributed by atoms with Crippen LogP contribution >= 0.6 is 0 Å². The highest BCUT2D eigenvalue weighted by Gasteiger charge is 2.21. The highest BCUT2D eigenvalue weighted by Crippen LogP contribution is 2.48. The Labute approximate surface area is 272 Å². The van der Waals surface area contributed by atoms with Crippen LogP contribution in [0.25, 0.3) is 98.8 Å². The molecule has 0 N–H and O–H groups in total. The highest BCUT2D eigenvalue weighted by molar-refractivity contribution is 6.29. The molecule has 0 saturated heterocycles. The molecule has 0 spiro atoms. The molecular weight excluding hydrogens is 569 g/mol. The predicted molar refractivity (Wildman–Crippen MR) is 199 cm³/mol. The molecule has 47 heavy (non-hydrogen) atoms. The molecule has 1 aromatic heterocycles. The van der Waals surface area contributed by atoms with Gasteiger partial charge in [0.25, 0.3) is 0 Å². The summed E-state index contributed by atoms with van der Waals surface area (Å²) in [5, 5.41) is 9.84. The average molecular weight is 597 g/mol. The SMILES string of the molecule is c1ccc(-c2ccccc2-c2cccc(-c3c4ccccc4c(-c4cc5cccc6oc7cccc4c7c56)c4ccccc34)c2)cc1. The first-order valence-electron chi connectivity index (χ1n) is 16.2. The molecule has 0 radical (unpaired) electrons. The van der Waals surface area contributed by atoms with Gasteiger partial charge in [-0.05, 0) is 101 Å². The van der Waals surface area contributed by atoms with Gasteiger partial charge in [0, 0.05) is 10.8 Å². The zero-order chi connectivity index (χ0) is 30.9. The van der Waals surface area contributed by atoms with Crippen LogP contribution in [0.15, 0.2) is 174 Å². The highest BCUT2D eigenvalue weighted by atomic mass is 16.3. The average Bonchev–Trinajstić information content (AvgIpc) is 3.53. The van der Waals surface area contributed by atoms with Crippen molar-refractivity contribution in [2.45, 2.75) is 0 Å². The molecule has 0 bridgehead atoms. The van der Waals surface area contributed by atoms with Crippen molar-refractivity contribution in [2.75, 3.05) is 0 Å². The lowest BCUT2D eigenvalue weighted by Crippen LogP contribution is -1.92. The van der Waals surface area contributed by atoms with Gasteiger partial charge in [0.1, 0.15) is 11.2 Å². The number of furan rings is 1. The second-order valence-electron chi connectivity index (χ2n) is 12.4. The minimum absolute atomic E-state index is 0.938. The zero-order valence-corrected chi connectivity index (χ0v) is 25.6. The van der Waals surface area contributed by atoms with Crippen LogP contribution in [-0.2, 0) is 0 Å². The van der Waals surface area contributed by atoms with Gasteiger partial charge in [0.15, 0.2) is 0 Å². The smallest absolute Gasteiger partial charge is 0.136 e. The molecule has 0 aliphatic heterocycles. The second-order valence-corrected chi connectivity index (χ2v) is 12.4. The quantitative estimate of drug-likeness (QED) is 0.145. The molecule has 10 rings (SSSR count). The van der Waals surface area contributed by atoms with Crippen LogP contribution in [0.3, 0.4) is 0 Å². The van der Waals surface area contributed by atoms with E-state index in [1.807, 2.05) is 0 Å². The van der Waals surface area contributed by atoms with E-state index in [0.29, 0.717) is 0 Å². The van der Waals surface area contributed by atoms with Crippen LogP contribution in [-0.4, -0.2) is 0 Å². The molecule has 1 heteroatoms. The van der Waals surface area contributed by atoms with Gasteiger partial charge in [-0.2, -0.15) is 0 Å². The van der Waals surface area contributed by atoms with E-state index in [1.165, 1.54) is 87.6 Å². The topological polar surface area (TPSA) is 13.1 Å². The minimum atomic E-state index is 0.938. The summed E-state index contributed by atoms with van der Waals surface area (Å²) in [6.45, 7) is 0. The Morgan fingerprint density at radius 2 is 0.809 bits per heavy atom. The standard InChI is InChI=1S/C46H28O/c1-2-13-29(14-3-1)33-18-4-5-19-34(33)30-15-10-16-31(27-30)43-35-20-6-8-22-37(35)45(38-23-9-7-21-36(38)43)40-28-32-17-11-25-41-44(32)46-39(40)24-12-26-42(46)47-41/h1-28H. The molecule has 1 nitrogen and oxygen atoms in total. The van der Waals surface area contributed by atoms with E-state index in [9.17, 15) is 0 Å². The molecule has 0 saturated carbocycles. The van der Waals surface area contributed by atoms with Crippen LogP contribution < -0.4 is 0 Å². The lowest BCUT2D eigenvalue weighted by atomic mass is 9.83. The van der Waals surface area contributed by atoms with Crippen LogP contribution in [0, 0.1) is 0 Å². The van der Waals surface area contributed by atoms with Gasteiger partial charge in [-0.15, -0.1) is 0 Å². The molecule has 0 aliphatic rings. The first-order chi connectivity index (χ1) is 23.3. The van der Waals surface area contributed by atoms with E-state index in [1.54, 1.807) is 0 Å². The third-order valence-corrected chi connectivity index (χ3v) is 9.82. The third kappa shape index (κ3) is 3.90. The fourth-order valence-corrected chi connectivity index (χ4v) is 7.85. The van der Waals surface area contributed by atoms with Gasteiger partial charge in [-0.3, -0.25) is 0 Å². The summed E-state index contributed by atoms with van der Waals surface area (Å²) in [5.41, 5.74) is 11.8. The molecule has 0 atom stereocenters. The van der Waals surface area contributed by atoms with Gasteiger partial charge >= 0.3 is 0 Å². The Morgan fingerprint density at radius 3 is 1.53 bits per heavy atom. The molecule has 218 valence electrons. The van der Waals surface area contributed by atoms with Crippen molar-refractivity contribution in [2.24, 2.45) is 0 Å². The van der Waals surface area contributed by atoms with Gasteiger partial charge in [0.2, 0.25) is 0 Å². The maximum Gasteiger partial charge on any atom is 0.136 e. The summed E-state index contributed by atoms with van der Waals surface area (Å²) in [6.07, 6.45) is 0. The molecule has 0 fully saturated rings. The van der Waals surface area contributed by atoms with Crippen molar-refractivity contribution in [3.8, 4) is 44.5 Å². The van der Waals surface area contributed by atoms with E-state index in [-0.39, 0.29) is 0 Å². The van der Waals surface area contributed by atoms with E-state index in [4.69, 9.17) is 4.42 Å². The first-order valence-corrected chi connectivity index (χ1v) is 16.2. The normalized spacial score (nSPS) is 11.8. The number of benzene rings is 9. The number of hydrogen-bond acceptors (Lipinski definition) is 1. The van der Waals surface area contributed by atoms with E-state index < -0.39 is 0 Å². The summed E-state index contributed by atoms with van der Waals surface area (Å²) in [5.74, 6) is 0. The van der Waals surface area contributed by atoms with E-state index in [2.05, 4.69) is 170 Å². The van der Waals surface area contributed by atoms with Gasteiger partial charge in [-0.25, -0.2) is 0 Å². The van der Waals surface area contributed by atoms with Crippen molar-refractivity contribution >= 4 is 54.3 Å². The Kier molecular flexibility index (Phi) is 5.64. The summed E-state index contributed by atoms with van der Waals surface area (Å²) in [7, 11) is 0. The lowest BCUT2D eigenvalue weighted by Gasteiger charge is -2.19. The van der Waals surface area contributed by atoms with Crippen molar-refractivity contribution in [1.29, 1.82) is 0 Å². The van der Waals surface area contributed by atoms with Crippen LogP contribution in [0.4, 0.5) is 0 Å². The van der Waals surface area contributed by atoms with Crippen molar-refractivity contribution in [3.05, 3.63) is 170 Å². The van der Waals surface area contributed by atoms with E-state index >= 15 is 0 Å². The Bertz CT molecular complexity index is 2730. The van der Waals surface area contributed by atoms with Gasteiger partial charge < -0.3 is 4.42 Å². The number of fused-ring (bicyclic) bond motifs is 2. The number of hydrogen-bond donors (Lipinski definition) is 0. The molecular formula is C46H28O. The predicted octanol–water partition coefficient (Wildman–Crippen LogP) is 13.2. The molecule has 10 aromatic rings. The minimum Gasteiger partial charge on any atom is -0.456 e. The molecule has 1 heterocycles. The van der Waals surface area contributed by atoms with Crippen molar-refractivity contribution in [3.63, 3.8) is 0 Å². The summed E-state index contributed by atoms with van der Waals surface area (Å²) in [6, 6.07) is 61.6. The zero-order valence-electron chi connectivity index (χ0n) is 25.6. The van der Waals surface area contributed by atoms with Gasteiger partial charge in [-0.1, -0.05) is 146 Å². The van der Waals surface area contributed by atoms with Crippen molar-refractivity contribution < 1.29 is 4.42 Å². The van der Waals surface area contributed by atoms with Crippen LogP contribution in [0.1, 0.15) is 0 Å². The maximum absolute atomic E-state index is 6.34. The number of rotatable bonds is 4. The molecule has 0 amide bonds. The maximum atomic E-state index is 6.34. The van der Waals surface area contributed by atoms with E-state index in [0.717, 1.165) is 11.2 Å². The summed E-state index contributed by atoms with van der Waals surface area (Å²) < 4.78 is 6.34. The summed E-state index contributed by atoms with van der Waals surface area (Å²) in [4.78, 5) is 0. The monoisotopic (exact) mass is 596 g/mol. The van der Waals surface area contributed by atoms with Gasteiger partial charge in [0.05, 0.1) is 0 Å². The Balaban J connectivity index is 1.27. The molecule has 0 unspecified atom stereocenters. The lowest BCUT2D eigenvalue weighted by molar-refractivity contribution is 0.669. The fourth-order valence-electron chi connectivity index (χ4n) is 7.85. The summed E-state index contributed by atoms with van der Waals surface area (Å²) >= 11 is 0. The second kappa shape index (κ2) is 10.2. The van der Waals surface area contributed by atoms with Crippen LogP contribution in [0.2, 0.25) is 0 Å². The fraction of sp³-hybridized carbons (Fsp3) is 0. The van der Waals surface area contributed by atoms with Crippen LogP contribution in [0.5, 0.6) is 0 Å². The largest absolute Gasteiger partial charge is 0.456 e. The first kappa shape index (κ1) is 26.1. The molecule has 9 aromatic carbocycles. The Hall–Kier alpha value is -6.18. The Morgan fingerprint density at radius 1 is 0.298 bits per heavy atom.